The second-order valence-electron chi connectivity index (χ2n) is 7.08. The summed E-state index contributed by atoms with van der Waals surface area (Å²) in [6.07, 6.45) is 0.373. The third kappa shape index (κ3) is 6.15. The van der Waals surface area contributed by atoms with Gasteiger partial charge in [-0.25, -0.2) is 4.57 Å². The molecule has 3 aromatic rings. The van der Waals surface area contributed by atoms with E-state index in [1.807, 2.05) is 55.5 Å². The molecule has 8 heteroatoms. The highest BCUT2D eigenvalue weighted by Crippen LogP contribution is 2.35. The standard InChI is InChI=1S/C22H24NO6P/c1-15-4-3-5-16(10-15)11-20(14-29-30(25,26)27)23-22(24)19-7-6-18-13-21(28-2)9-8-17(18)12-19/h3-10,12-13,20H,11,14H2,1-2H3,(H,23,24)(H2,25,26,27)/t20-/m1/s1. The van der Waals surface area contributed by atoms with Crippen LogP contribution in [0.2, 0.25) is 0 Å². The summed E-state index contributed by atoms with van der Waals surface area (Å²) >= 11 is 0. The molecule has 0 unspecified atom stereocenters. The van der Waals surface area contributed by atoms with Gasteiger partial charge in [0.05, 0.1) is 19.8 Å². The molecular formula is C22H24NO6P. The van der Waals surface area contributed by atoms with Crippen LogP contribution in [0.5, 0.6) is 5.75 Å². The molecule has 0 spiro atoms. The number of methoxy groups -OCH3 is 1. The number of fused-ring (bicyclic) bond motifs is 1. The number of carbonyl (C=O) groups excluding carboxylic acids is 1. The minimum absolute atomic E-state index is 0.311. The number of aryl methyl sites for hydroxylation is 1. The van der Waals surface area contributed by atoms with Gasteiger partial charge in [-0.3, -0.25) is 9.32 Å². The molecule has 0 heterocycles. The summed E-state index contributed by atoms with van der Waals surface area (Å²) in [6, 6.07) is 17.9. The van der Waals surface area contributed by atoms with E-state index in [0.29, 0.717) is 12.0 Å². The normalized spacial score (nSPS) is 12.5. The van der Waals surface area contributed by atoms with Gasteiger partial charge in [0.25, 0.3) is 5.91 Å². The molecule has 30 heavy (non-hydrogen) atoms. The summed E-state index contributed by atoms with van der Waals surface area (Å²) in [5.41, 5.74) is 2.43. The molecule has 3 N–H and O–H groups in total. The van der Waals surface area contributed by atoms with Gasteiger partial charge in [-0.2, -0.15) is 0 Å². The highest BCUT2D eigenvalue weighted by Gasteiger charge is 2.21. The number of ether oxygens (including phenoxy) is 1. The number of phosphoric ester groups is 1. The van der Waals surface area contributed by atoms with Crippen molar-refractivity contribution in [3.8, 4) is 5.75 Å². The van der Waals surface area contributed by atoms with Gasteiger partial charge in [0.2, 0.25) is 0 Å². The van der Waals surface area contributed by atoms with Crippen LogP contribution in [0.4, 0.5) is 0 Å². The van der Waals surface area contributed by atoms with Crippen molar-refractivity contribution in [2.24, 2.45) is 0 Å². The molecule has 0 radical (unpaired) electrons. The zero-order valence-corrected chi connectivity index (χ0v) is 17.6. The molecule has 1 amide bonds. The van der Waals surface area contributed by atoms with E-state index in [4.69, 9.17) is 14.5 Å². The van der Waals surface area contributed by atoms with Gasteiger partial charge in [-0.15, -0.1) is 0 Å². The monoisotopic (exact) mass is 429 g/mol. The average molecular weight is 429 g/mol. The first-order valence-electron chi connectivity index (χ1n) is 9.38. The van der Waals surface area contributed by atoms with Crippen molar-refractivity contribution in [3.05, 3.63) is 77.4 Å². The average Bonchev–Trinajstić information content (AvgIpc) is 2.70. The molecule has 0 aromatic heterocycles. The van der Waals surface area contributed by atoms with Gasteiger partial charge in [-0.1, -0.05) is 42.0 Å². The first-order chi connectivity index (χ1) is 14.2. The Labute approximate surface area is 174 Å². The molecule has 1 atom stereocenters. The third-order valence-electron chi connectivity index (χ3n) is 4.65. The topological polar surface area (TPSA) is 105 Å². The number of hydrogen-bond donors (Lipinski definition) is 3. The van der Waals surface area contributed by atoms with Crippen LogP contribution >= 0.6 is 7.82 Å². The summed E-state index contributed by atoms with van der Waals surface area (Å²) in [5.74, 6) is 0.382. The molecular weight excluding hydrogens is 405 g/mol. The second kappa shape index (κ2) is 9.41. The van der Waals surface area contributed by atoms with Crippen molar-refractivity contribution in [2.75, 3.05) is 13.7 Å². The van der Waals surface area contributed by atoms with Crippen LogP contribution in [0.15, 0.2) is 60.7 Å². The van der Waals surface area contributed by atoms with Crippen LogP contribution < -0.4 is 10.1 Å². The van der Waals surface area contributed by atoms with Crippen molar-refractivity contribution in [1.82, 2.24) is 5.32 Å². The van der Waals surface area contributed by atoms with Crippen molar-refractivity contribution in [2.45, 2.75) is 19.4 Å². The van der Waals surface area contributed by atoms with Gasteiger partial charge in [0.15, 0.2) is 0 Å². The van der Waals surface area contributed by atoms with Crippen LogP contribution in [0.25, 0.3) is 10.8 Å². The first-order valence-corrected chi connectivity index (χ1v) is 10.9. The minimum Gasteiger partial charge on any atom is -0.497 e. The molecule has 0 saturated heterocycles. The lowest BCUT2D eigenvalue weighted by Crippen LogP contribution is -2.39. The quantitative estimate of drug-likeness (QED) is 0.473. The Morgan fingerprint density at radius 2 is 1.80 bits per heavy atom. The third-order valence-corrected chi connectivity index (χ3v) is 5.14. The van der Waals surface area contributed by atoms with E-state index in [2.05, 4.69) is 9.84 Å². The highest BCUT2D eigenvalue weighted by molar-refractivity contribution is 7.46. The van der Waals surface area contributed by atoms with Crippen molar-refractivity contribution < 1.29 is 28.4 Å². The molecule has 0 aliphatic rings. The zero-order chi connectivity index (χ0) is 21.7. The highest BCUT2D eigenvalue weighted by atomic mass is 31.2. The maximum atomic E-state index is 12.8. The lowest BCUT2D eigenvalue weighted by Gasteiger charge is -2.20. The molecule has 0 fully saturated rings. The molecule has 3 rings (SSSR count). The Kier molecular flexibility index (Phi) is 6.90. The van der Waals surface area contributed by atoms with Gasteiger partial charge in [0, 0.05) is 5.56 Å². The predicted octanol–water partition coefficient (Wildman–Crippen LogP) is 3.61. The second-order valence-corrected chi connectivity index (χ2v) is 8.32. The van der Waals surface area contributed by atoms with E-state index in [9.17, 15) is 9.36 Å². The Hall–Kier alpha value is -2.70. The fourth-order valence-corrected chi connectivity index (χ4v) is 3.60. The molecule has 0 bridgehead atoms. The maximum absolute atomic E-state index is 12.8. The summed E-state index contributed by atoms with van der Waals surface area (Å²) in [5, 5.41) is 4.65. The van der Waals surface area contributed by atoms with E-state index < -0.39 is 13.9 Å². The fraction of sp³-hybridized carbons (Fsp3) is 0.227. The smallest absolute Gasteiger partial charge is 0.469 e. The Morgan fingerprint density at radius 1 is 1.07 bits per heavy atom. The van der Waals surface area contributed by atoms with Gasteiger partial charge in [0.1, 0.15) is 5.75 Å². The predicted molar refractivity (Wildman–Crippen MR) is 115 cm³/mol. The molecule has 0 aliphatic heterocycles. The lowest BCUT2D eigenvalue weighted by atomic mass is 10.0. The van der Waals surface area contributed by atoms with Crippen LogP contribution in [-0.4, -0.2) is 35.5 Å². The summed E-state index contributed by atoms with van der Waals surface area (Å²) in [4.78, 5) is 30.9. The number of rotatable bonds is 8. The number of phosphoric acid groups is 1. The first kappa shape index (κ1) is 22.0. The van der Waals surface area contributed by atoms with E-state index in [0.717, 1.165) is 27.6 Å². The van der Waals surface area contributed by atoms with E-state index in [1.54, 1.807) is 19.2 Å². The SMILES string of the molecule is COc1ccc2cc(C(=O)N[C@@H](COP(=O)(O)O)Cc3cccc(C)c3)ccc2c1. The van der Waals surface area contributed by atoms with Gasteiger partial charge < -0.3 is 19.8 Å². The van der Waals surface area contributed by atoms with Crippen LogP contribution in [-0.2, 0) is 15.5 Å². The van der Waals surface area contributed by atoms with Gasteiger partial charge in [-0.05, 0) is 53.9 Å². The summed E-state index contributed by atoms with van der Waals surface area (Å²) < 4.78 is 21.0. The van der Waals surface area contributed by atoms with Crippen molar-refractivity contribution >= 4 is 24.5 Å². The lowest BCUT2D eigenvalue weighted by molar-refractivity contribution is 0.0909. The van der Waals surface area contributed by atoms with Crippen molar-refractivity contribution in [1.29, 1.82) is 0 Å². The molecule has 0 aliphatic carbocycles. The van der Waals surface area contributed by atoms with E-state index in [1.165, 1.54) is 0 Å². The zero-order valence-electron chi connectivity index (χ0n) is 16.7. The largest absolute Gasteiger partial charge is 0.497 e. The number of hydrogen-bond acceptors (Lipinski definition) is 4. The van der Waals surface area contributed by atoms with Gasteiger partial charge >= 0.3 is 7.82 Å². The Balaban J connectivity index is 1.78. The number of carbonyl (C=O) groups is 1. The summed E-state index contributed by atoms with van der Waals surface area (Å²) in [6.45, 7) is 1.64. The molecule has 3 aromatic carbocycles. The van der Waals surface area contributed by atoms with E-state index in [-0.39, 0.29) is 12.5 Å². The fourth-order valence-electron chi connectivity index (χ4n) is 3.22. The van der Waals surface area contributed by atoms with Crippen LogP contribution in [0.3, 0.4) is 0 Å². The number of benzene rings is 3. The Bertz CT molecular complexity index is 1090. The van der Waals surface area contributed by atoms with Crippen LogP contribution in [0, 0.1) is 6.92 Å². The number of nitrogens with one attached hydrogen (secondary N) is 1. The minimum atomic E-state index is -4.65. The van der Waals surface area contributed by atoms with Crippen LogP contribution in [0.1, 0.15) is 21.5 Å². The van der Waals surface area contributed by atoms with E-state index >= 15 is 0 Å². The molecule has 7 nitrogen and oxygen atoms in total. The number of amides is 1. The van der Waals surface area contributed by atoms with Crippen molar-refractivity contribution in [3.63, 3.8) is 0 Å². The Morgan fingerprint density at radius 3 is 2.50 bits per heavy atom. The molecule has 0 saturated carbocycles. The maximum Gasteiger partial charge on any atom is 0.469 e. The molecule has 158 valence electrons. The summed E-state index contributed by atoms with van der Waals surface area (Å²) in [7, 11) is -3.06.